The average Bonchev–Trinajstić information content (AvgIpc) is 2.60. The molecule has 3 nitrogen and oxygen atoms in total. The van der Waals surface area contributed by atoms with Crippen molar-refractivity contribution in [2.24, 2.45) is 0 Å². The maximum Gasteiger partial charge on any atom is 0.182 e. The van der Waals surface area contributed by atoms with Crippen molar-refractivity contribution in [3.05, 3.63) is 29.3 Å². The molecule has 0 unspecified atom stereocenters. The molecule has 1 aromatic carbocycles. The predicted octanol–water partition coefficient (Wildman–Crippen LogP) is 3.27. The molecule has 0 aliphatic carbocycles. The Morgan fingerprint density at radius 2 is 1.54 bits per heavy atom. The topological polar surface area (TPSA) is 9.72 Å². The van der Waals surface area contributed by atoms with E-state index in [9.17, 15) is 8.78 Å². The maximum atomic E-state index is 14.2. The number of nitrogens with zero attached hydrogens (tertiary/aromatic N) is 3. The molecule has 5 heteroatoms. The van der Waals surface area contributed by atoms with Crippen molar-refractivity contribution in [1.29, 1.82) is 0 Å². The summed E-state index contributed by atoms with van der Waals surface area (Å²) in [7, 11) is 0. The van der Waals surface area contributed by atoms with E-state index in [0.717, 1.165) is 26.2 Å². The van der Waals surface area contributed by atoms with E-state index < -0.39 is 11.6 Å². The Labute approximate surface area is 144 Å². The standard InChI is InChI=1S/C19H29F2N3/c1-14(2)22-8-6-16(7-9-22)23-10-12-24(13-11-23)17-5-4-15(3)18(20)19(17)21/h4-5,14,16H,6-13H2,1-3H3. The first-order valence-electron chi connectivity index (χ1n) is 9.15. The third kappa shape index (κ3) is 3.57. The molecule has 2 heterocycles. The minimum atomic E-state index is -0.712. The van der Waals surface area contributed by atoms with Gasteiger partial charge in [0.25, 0.3) is 0 Å². The Bertz CT molecular complexity index is 560. The van der Waals surface area contributed by atoms with E-state index >= 15 is 0 Å². The van der Waals surface area contributed by atoms with Crippen molar-refractivity contribution in [2.45, 2.75) is 45.7 Å². The summed E-state index contributed by atoms with van der Waals surface area (Å²) < 4.78 is 28.0. The van der Waals surface area contributed by atoms with Crippen molar-refractivity contribution in [3.63, 3.8) is 0 Å². The van der Waals surface area contributed by atoms with E-state index in [-0.39, 0.29) is 0 Å². The lowest BCUT2D eigenvalue weighted by molar-refractivity contribution is 0.0882. The van der Waals surface area contributed by atoms with E-state index in [4.69, 9.17) is 0 Å². The first kappa shape index (κ1) is 17.6. The molecule has 1 aromatic rings. The lowest BCUT2D eigenvalue weighted by Crippen LogP contribution is -2.54. The third-order valence-corrected chi connectivity index (χ3v) is 5.66. The number of hydrogen-bond donors (Lipinski definition) is 0. The summed E-state index contributed by atoms with van der Waals surface area (Å²) in [4.78, 5) is 7.06. The third-order valence-electron chi connectivity index (χ3n) is 5.66. The van der Waals surface area contributed by atoms with E-state index in [1.54, 1.807) is 19.1 Å². The molecule has 0 radical (unpaired) electrons. The summed E-state index contributed by atoms with van der Waals surface area (Å²) in [6.45, 7) is 11.9. The van der Waals surface area contributed by atoms with Gasteiger partial charge in [-0.25, -0.2) is 8.78 Å². The monoisotopic (exact) mass is 337 g/mol. The molecule has 3 rings (SSSR count). The minimum Gasteiger partial charge on any atom is -0.367 e. The van der Waals surface area contributed by atoms with Crippen molar-refractivity contribution in [2.75, 3.05) is 44.2 Å². The van der Waals surface area contributed by atoms with Crippen molar-refractivity contribution in [1.82, 2.24) is 9.80 Å². The molecule has 0 saturated carbocycles. The summed E-state index contributed by atoms with van der Waals surface area (Å²) in [5, 5.41) is 0. The molecule has 0 amide bonds. The number of aryl methyl sites for hydroxylation is 1. The second kappa shape index (κ2) is 7.36. The molecule has 0 aromatic heterocycles. The number of hydrogen-bond acceptors (Lipinski definition) is 3. The SMILES string of the molecule is Cc1ccc(N2CCN(C3CCN(C(C)C)CC3)CC2)c(F)c1F. The van der Waals surface area contributed by atoms with Crippen LogP contribution < -0.4 is 4.90 Å². The van der Waals surface area contributed by atoms with Crippen LogP contribution in [0.3, 0.4) is 0 Å². The molecule has 2 fully saturated rings. The highest BCUT2D eigenvalue weighted by Crippen LogP contribution is 2.26. The minimum absolute atomic E-state index is 0.367. The van der Waals surface area contributed by atoms with Gasteiger partial charge in [0.05, 0.1) is 5.69 Å². The zero-order chi connectivity index (χ0) is 17.3. The summed E-state index contributed by atoms with van der Waals surface area (Å²) in [5.41, 5.74) is 0.777. The number of rotatable bonds is 3. The van der Waals surface area contributed by atoms with E-state index in [0.29, 0.717) is 23.3 Å². The zero-order valence-electron chi connectivity index (χ0n) is 15.1. The average molecular weight is 337 g/mol. The van der Waals surface area contributed by atoms with Gasteiger partial charge in [-0.2, -0.15) is 0 Å². The van der Waals surface area contributed by atoms with Gasteiger partial charge in [0.2, 0.25) is 0 Å². The Morgan fingerprint density at radius 1 is 0.917 bits per heavy atom. The fraction of sp³-hybridized carbons (Fsp3) is 0.684. The van der Waals surface area contributed by atoms with Gasteiger partial charge in [-0.15, -0.1) is 0 Å². The van der Waals surface area contributed by atoms with Crippen LogP contribution in [0.25, 0.3) is 0 Å². The van der Waals surface area contributed by atoms with Crippen LogP contribution in [0.15, 0.2) is 12.1 Å². The van der Waals surface area contributed by atoms with Crippen molar-refractivity contribution in [3.8, 4) is 0 Å². The number of piperazine rings is 1. The first-order chi connectivity index (χ1) is 11.5. The van der Waals surface area contributed by atoms with E-state index in [1.807, 2.05) is 4.90 Å². The van der Waals surface area contributed by atoms with Gasteiger partial charge < -0.3 is 9.80 Å². The summed E-state index contributed by atoms with van der Waals surface area (Å²) in [6.07, 6.45) is 2.43. The van der Waals surface area contributed by atoms with E-state index in [2.05, 4.69) is 23.6 Å². The molecular weight excluding hydrogens is 308 g/mol. The number of halogens is 2. The van der Waals surface area contributed by atoms with Gasteiger partial charge in [-0.1, -0.05) is 6.07 Å². The number of anilines is 1. The predicted molar refractivity (Wildman–Crippen MR) is 94.6 cm³/mol. The Kier molecular flexibility index (Phi) is 5.40. The number of benzene rings is 1. The van der Waals surface area contributed by atoms with Gasteiger partial charge in [0.1, 0.15) is 0 Å². The van der Waals surface area contributed by atoms with Crippen LogP contribution in [0.4, 0.5) is 14.5 Å². The molecule has 2 aliphatic rings. The van der Waals surface area contributed by atoms with Crippen LogP contribution in [0, 0.1) is 18.6 Å². The smallest absolute Gasteiger partial charge is 0.182 e. The molecular formula is C19H29F2N3. The fourth-order valence-electron chi connectivity index (χ4n) is 3.98. The van der Waals surface area contributed by atoms with Crippen LogP contribution >= 0.6 is 0 Å². The molecule has 2 aliphatic heterocycles. The molecule has 0 bridgehead atoms. The summed E-state index contributed by atoms with van der Waals surface area (Å²) >= 11 is 0. The van der Waals surface area contributed by atoms with Gasteiger partial charge in [0.15, 0.2) is 11.6 Å². The Balaban J connectivity index is 1.56. The van der Waals surface area contributed by atoms with Crippen LogP contribution in [-0.4, -0.2) is 61.2 Å². The van der Waals surface area contributed by atoms with E-state index in [1.165, 1.54) is 25.9 Å². The lowest BCUT2D eigenvalue weighted by Gasteiger charge is -2.44. The van der Waals surface area contributed by atoms with Crippen LogP contribution in [0.1, 0.15) is 32.3 Å². The molecule has 134 valence electrons. The Hall–Kier alpha value is -1.20. The Morgan fingerprint density at radius 3 is 2.12 bits per heavy atom. The summed E-state index contributed by atoms with van der Waals surface area (Å²) in [5.74, 6) is -1.41. The molecule has 0 N–H and O–H groups in total. The van der Waals surface area contributed by atoms with Gasteiger partial charge >= 0.3 is 0 Å². The van der Waals surface area contributed by atoms with Crippen molar-refractivity contribution < 1.29 is 8.78 Å². The van der Waals surface area contributed by atoms with Crippen LogP contribution in [-0.2, 0) is 0 Å². The number of piperidine rings is 1. The highest BCUT2D eigenvalue weighted by molar-refractivity contribution is 5.50. The second-order valence-corrected chi connectivity index (χ2v) is 7.41. The van der Waals surface area contributed by atoms with Crippen LogP contribution in [0.5, 0.6) is 0 Å². The lowest BCUT2D eigenvalue weighted by atomic mass is 10.0. The van der Waals surface area contributed by atoms with Gasteiger partial charge in [-0.05, 0) is 58.3 Å². The zero-order valence-corrected chi connectivity index (χ0v) is 15.1. The number of likely N-dealkylation sites (tertiary alicyclic amines) is 1. The highest BCUT2D eigenvalue weighted by Gasteiger charge is 2.29. The normalized spacial score (nSPS) is 21.7. The second-order valence-electron chi connectivity index (χ2n) is 7.41. The van der Waals surface area contributed by atoms with Gasteiger partial charge in [0, 0.05) is 38.3 Å². The van der Waals surface area contributed by atoms with Crippen LogP contribution in [0.2, 0.25) is 0 Å². The quantitative estimate of drug-likeness (QED) is 0.838. The molecule has 2 saturated heterocycles. The largest absolute Gasteiger partial charge is 0.367 e. The molecule has 0 spiro atoms. The first-order valence-corrected chi connectivity index (χ1v) is 9.15. The van der Waals surface area contributed by atoms with Crippen molar-refractivity contribution >= 4 is 5.69 Å². The molecule has 24 heavy (non-hydrogen) atoms. The maximum absolute atomic E-state index is 14.2. The van der Waals surface area contributed by atoms with Gasteiger partial charge in [-0.3, -0.25) is 4.90 Å². The summed E-state index contributed by atoms with van der Waals surface area (Å²) in [6, 6.07) is 4.65. The fourth-order valence-corrected chi connectivity index (χ4v) is 3.98. The highest BCUT2D eigenvalue weighted by atomic mass is 19.2. The molecule has 0 atom stereocenters.